The van der Waals surface area contributed by atoms with E-state index in [2.05, 4.69) is 11.1 Å². The van der Waals surface area contributed by atoms with Crippen LogP contribution in [-0.2, 0) is 9.53 Å². The molecule has 0 aliphatic carbocycles. The highest BCUT2D eigenvalue weighted by Crippen LogP contribution is 2.44. The number of anilines is 1. The number of rotatable bonds is 5. The number of aryl methyl sites for hydroxylation is 1. The van der Waals surface area contributed by atoms with E-state index in [4.69, 9.17) is 4.74 Å². The van der Waals surface area contributed by atoms with Crippen molar-refractivity contribution in [1.82, 2.24) is 4.98 Å². The van der Waals surface area contributed by atoms with Gasteiger partial charge in [-0.3, -0.25) is 4.79 Å². The average Bonchev–Trinajstić information content (AvgIpc) is 3.34. The zero-order chi connectivity index (χ0) is 21.1. The molecule has 1 aliphatic rings. The van der Waals surface area contributed by atoms with Crippen LogP contribution in [0.4, 0.5) is 5.69 Å². The van der Waals surface area contributed by atoms with Crippen molar-refractivity contribution < 1.29 is 9.53 Å². The van der Waals surface area contributed by atoms with Crippen LogP contribution in [0.2, 0.25) is 0 Å². The normalized spacial score (nSPS) is 15.1. The lowest BCUT2D eigenvalue weighted by Gasteiger charge is -2.24. The average molecular weight is 434 g/mol. The molecule has 0 saturated carbocycles. The minimum absolute atomic E-state index is 0.136. The number of carbonyl (C=O) groups excluding carboxylic acids is 1. The first-order chi connectivity index (χ1) is 14.6. The van der Waals surface area contributed by atoms with E-state index in [1.54, 1.807) is 6.92 Å². The lowest BCUT2D eigenvalue weighted by Crippen LogP contribution is -2.20. The number of thioether (sulfide) groups is 1. The van der Waals surface area contributed by atoms with Crippen molar-refractivity contribution in [3.8, 4) is 6.07 Å². The Hall–Kier alpha value is -3.08. The molecule has 0 saturated heterocycles. The SMILES string of the molecule is CCOC(=O)CC1=CSC(=C(C#N)c2nc3ccccc3s2)N1c1ccc(C)cc1. The summed E-state index contributed by atoms with van der Waals surface area (Å²) < 4.78 is 6.18. The van der Waals surface area contributed by atoms with Crippen molar-refractivity contribution in [1.29, 1.82) is 5.26 Å². The highest BCUT2D eigenvalue weighted by molar-refractivity contribution is 8.06. The predicted molar refractivity (Wildman–Crippen MR) is 123 cm³/mol. The number of carbonyl (C=O) groups is 1. The summed E-state index contributed by atoms with van der Waals surface area (Å²) in [6.45, 7) is 4.15. The van der Waals surface area contributed by atoms with Gasteiger partial charge in [-0.2, -0.15) is 5.26 Å². The Morgan fingerprint density at radius 1 is 1.20 bits per heavy atom. The van der Waals surface area contributed by atoms with Crippen LogP contribution in [0, 0.1) is 18.3 Å². The van der Waals surface area contributed by atoms with E-state index in [0.29, 0.717) is 17.2 Å². The van der Waals surface area contributed by atoms with Crippen LogP contribution in [0.3, 0.4) is 0 Å². The Morgan fingerprint density at radius 2 is 1.97 bits per heavy atom. The van der Waals surface area contributed by atoms with E-state index >= 15 is 0 Å². The van der Waals surface area contributed by atoms with Crippen LogP contribution in [-0.4, -0.2) is 17.6 Å². The lowest BCUT2D eigenvalue weighted by atomic mass is 10.2. The smallest absolute Gasteiger partial charge is 0.311 e. The molecule has 0 radical (unpaired) electrons. The fourth-order valence-electron chi connectivity index (χ4n) is 3.15. The molecule has 30 heavy (non-hydrogen) atoms. The van der Waals surface area contributed by atoms with Gasteiger partial charge in [-0.25, -0.2) is 4.98 Å². The molecule has 4 rings (SSSR count). The Kier molecular flexibility index (Phi) is 5.88. The predicted octanol–water partition coefficient (Wildman–Crippen LogP) is 5.84. The number of nitrogens with zero attached hydrogens (tertiary/aromatic N) is 3. The van der Waals surface area contributed by atoms with Gasteiger partial charge in [0.15, 0.2) is 0 Å². The summed E-state index contributed by atoms with van der Waals surface area (Å²) in [7, 11) is 0. The molecule has 0 unspecified atom stereocenters. The number of para-hydroxylation sites is 1. The molecule has 7 heteroatoms. The van der Waals surface area contributed by atoms with E-state index in [1.165, 1.54) is 23.1 Å². The summed E-state index contributed by atoms with van der Waals surface area (Å²) >= 11 is 2.93. The minimum Gasteiger partial charge on any atom is -0.466 e. The maximum atomic E-state index is 12.2. The van der Waals surface area contributed by atoms with Crippen LogP contribution in [0.1, 0.15) is 23.9 Å². The molecule has 0 fully saturated rings. The van der Waals surface area contributed by atoms with Gasteiger partial charge >= 0.3 is 5.97 Å². The van der Waals surface area contributed by atoms with E-state index in [0.717, 1.165) is 32.2 Å². The number of fused-ring (bicyclic) bond motifs is 1. The number of aromatic nitrogens is 1. The van der Waals surface area contributed by atoms with Gasteiger partial charge in [0, 0.05) is 11.4 Å². The topological polar surface area (TPSA) is 66.2 Å². The van der Waals surface area contributed by atoms with Crippen molar-refractivity contribution in [2.75, 3.05) is 11.5 Å². The Bertz CT molecular complexity index is 1170. The summed E-state index contributed by atoms with van der Waals surface area (Å²) in [5.41, 5.74) is 4.18. The molecular weight excluding hydrogens is 414 g/mol. The van der Waals surface area contributed by atoms with Crippen LogP contribution in [0.15, 0.2) is 64.7 Å². The molecule has 1 aromatic heterocycles. The molecule has 3 aromatic rings. The van der Waals surface area contributed by atoms with E-state index < -0.39 is 0 Å². The first-order valence-electron chi connectivity index (χ1n) is 9.49. The van der Waals surface area contributed by atoms with E-state index in [-0.39, 0.29) is 12.4 Å². The highest BCUT2D eigenvalue weighted by Gasteiger charge is 2.29. The van der Waals surface area contributed by atoms with Gasteiger partial charge in [-0.05, 0) is 43.5 Å². The Morgan fingerprint density at radius 3 is 2.67 bits per heavy atom. The maximum Gasteiger partial charge on any atom is 0.311 e. The number of esters is 1. The zero-order valence-corrected chi connectivity index (χ0v) is 18.2. The quantitative estimate of drug-likeness (QED) is 0.372. The largest absolute Gasteiger partial charge is 0.466 e. The third-order valence-corrected chi connectivity index (χ3v) is 6.61. The molecule has 5 nitrogen and oxygen atoms in total. The van der Waals surface area contributed by atoms with Crippen molar-refractivity contribution in [2.24, 2.45) is 0 Å². The van der Waals surface area contributed by atoms with Crippen LogP contribution in [0.5, 0.6) is 0 Å². The number of benzene rings is 2. The molecule has 0 atom stereocenters. The zero-order valence-electron chi connectivity index (χ0n) is 16.6. The van der Waals surface area contributed by atoms with Crippen molar-refractivity contribution in [2.45, 2.75) is 20.3 Å². The second-order valence-corrected chi connectivity index (χ2v) is 8.55. The molecule has 2 heterocycles. The van der Waals surface area contributed by atoms with Gasteiger partial charge in [0.25, 0.3) is 0 Å². The summed E-state index contributed by atoms with van der Waals surface area (Å²) in [4.78, 5) is 18.8. The Balaban J connectivity index is 1.80. The molecular formula is C23H19N3O2S2. The number of thiazole rings is 1. The summed E-state index contributed by atoms with van der Waals surface area (Å²) in [5.74, 6) is -0.291. The van der Waals surface area contributed by atoms with Crippen LogP contribution >= 0.6 is 23.1 Å². The van der Waals surface area contributed by atoms with Gasteiger partial charge in [0.2, 0.25) is 0 Å². The number of allylic oxidation sites excluding steroid dienone is 1. The van der Waals surface area contributed by atoms with Crippen molar-refractivity contribution >= 4 is 50.5 Å². The molecule has 0 bridgehead atoms. The number of nitriles is 1. The number of ether oxygens (including phenoxy) is 1. The number of hydrogen-bond acceptors (Lipinski definition) is 7. The van der Waals surface area contributed by atoms with Gasteiger partial charge < -0.3 is 9.64 Å². The summed E-state index contributed by atoms with van der Waals surface area (Å²) in [5, 5.41) is 13.4. The number of hydrogen-bond donors (Lipinski definition) is 0. The van der Waals surface area contributed by atoms with E-state index in [9.17, 15) is 10.1 Å². The Labute approximate surface area is 183 Å². The molecule has 0 amide bonds. The van der Waals surface area contributed by atoms with Gasteiger partial charge in [0.1, 0.15) is 21.7 Å². The first kappa shape index (κ1) is 20.2. The third kappa shape index (κ3) is 3.97. The van der Waals surface area contributed by atoms with Crippen LogP contribution < -0.4 is 4.90 Å². The van der Waals surface area contributed by atoms with Gasteiger partial charge in [-0.15, -0.1) is 11.3 Å². The third-order valence-electron chi connectivity index (χ3n) is 4.55. The fourth-order valence-corrected chi connectivity index (χ4v) is 5.21. The molecule has 2 aromatic carbocycles. The lowest BCUT2D eigenvalue weighted by molar-refractivity contribution is -0.142. The fraction of sp³-hybridized carbons (Fsp3) is 0.174. The molecule has 150 valence electrons. The van der Waals surface area contributed by atoms with Gasteiger partial charge in [0.05, 0.1) is 23.2 Å². The summed E-state index contributed by atoms with van der Waals surface area (Å²) in [6, 6.07) is 18.2. The first-order valence-corrected chi connectivity index (χ1v) is 11.2. The van der Waals surface area contributed by atoms with Gasteiger partial charge in [-0.1, -0.05) is 41.6 Å². The van der Waals surface area contributed by atoms with Crippen LogP contribution in [0.25, 0.3) is 15.8 Å². The monoisotopic (exact) mass is 433 g/mol. The minimum atomic E-state index is -0.291. The summed E-state index contributed by atoms with van der Waals surface area (Å²) in [6.07, 6.45) is 0.136. The van der Waals surface area contributed by atoms with E-state index in [1.807, 2.05) is 65.8 Å². The second-order valence-electron chi connectivity index (χ2n) is 6.66. The molecule has 0 spiro atoms. The van der Waals surface area contributed by atoms with Crippen molar-refractivity contribution in [3.63, 3.8) is 0 Å². The second kappa shape index (κ2) is 8.74. The maximum absolute atomic E-state index is 12.2. The standard InChI is InChI=1S/C23H19N3O2S2/c1-3-28-21(27)12-17-14-29-23(26(17)16-10-8-15(2)9-11-16)18(13-24)22-25-19-6-4-5-7-20(19)30-22/h4-11,14H,3,12H2,1-2H3. The molecule has 0 N–H and O–H groups in total. The van der Waals surface area contributed by atoms with Crippen molar-refractivity contribution in [3.05, 3.63) is 75.2 Å². The highest BCUT2D eigenvalue weighted by atomic mass is 32.2. The molecule has 1 aliphatic heterocycles.